The van der Waals surface area contributed by atoms with Crippen LogP contribution in [0.3, 0.4) is 0 Å². The Bertz CT molecular complexity index is 770. The van der Waals surface area contributed by atoms with Crippen molar-refractivity contribution >= 4 is 28.3 Å². The lowest BCUT2D eigenvalue weighted by atomic mass is 10.2. The van der Waals surface area contributed by atoms with E-state index >= 15 is 0 Å². The summed E-state index contributed by atoms with van der Waals surface area (Å²) < 4.78 is 42.0. The number of likely N-dealkylation sites (N-methyl/N-ethyl adjacent to an activating group) is 1. The first-order valence-corrected chi connectivity index (χ1v) is 8.72. The summed E-state index contributed by atoms with van der Waals surface area (Å²) in [6.07, 6.45) is -4.08. The molecule has 2 rings (SSSR count). The van der Waals surface area contributed by atoms with Gasteiger partial charge in [-0.15, -0.1) is 11.3 Å². The predicted molar refractivity (Wildman–Crippen MR) is 90.1 cm³/mol. The zero-order chi connectivity index (χ0) is 19.3. The normalized spacial score (nSPS) is 11.4. The van der Waals surface area contributed by atoms with Crippen LogP contribution in [0.2, 0.25) is 0 Å². The number of furan rings is 1. The Labute approximate surface area is 152 Å². The SMILES string of the molecule is CCN(CCC(F)(F)F)C(=O)Cc1csc(NC(=O)c2ccoc2C)n1. The molecule has 0 aliphatic rings. The summed E-state index contributed by atoms with van der Waals surface area (Å²) in [7, 11) is 0. The van der Waals surface area contributed by atoms with Crippen molar-refractivity contribution in [2.75, 3.05) is 18.4 Å². The van der Waals surface area contributed by atoms with E-state index in [0.717, 1.165) is 16.2 Å². The molecular formula is C16H18F3N3O3S. The van der Waals surface area contributed by atoms with Crippen LogP contribution in [-0.2, 0) is 11.2 Å². The number of anilines is 1. The van der Waals surface area contributed by atoms with Crippen LogP contribution in [0.1, 0.15) is 35.2 Å². The molecule has 0 unspecified atom stereocenters. The average molecular weight is 389 g/mol. The molecule has 0 atom stereocenters. The molecule has 0 saturated heterocycles. The molecule has 142 valence electrons. The summed E-state index contributed by atoms with van der Waals surface area (Å²) in [5.41, 5.74) is 0.770. The second kappa shape index (κ2) is 8.35. The summed E-state index contributed by atoms with van der Waals surface area (Å²) >= 11 is 1.14. The molecule has 0 aliphatic heterocycles. The van der Waals surface area contributed by atoms with Gasteiger partial charge in [0.1, 0.15) is 5.76 Å². The highest BCUT2D eigenvalue weighted by Crippen LogP contribution is 2.21. The van der Waals surface area contributed by atoms with Gasteiger partial charge in [0, 0.05) is 18.5 Å². The van der Waals surface area contributed by atoms with Gasteiger partial charge in [-0.1, -0.05) is 0 Å². The molecule has 0 fully saturated rings. The van der Waals surface area contributed by atoms with Gasteiger partial charge in [0.25, 0.3) is 5.91 Å². The minimum absolute atomic E-state index is 0.122. The van der Waals surface area contributed by atoms with E-state index in [1.165, 1.54) is 12.3 Å². The van der Waals surface area contributed by atoms with Gasteiger partial charge in [0.2, 0.25) is 5.91 Å². The molecule has 0 aromatic carbocycles. The van der Waals surface area contributed by atoms with Gasteiger partial charge >= 0.3 is 6.18 Å². The van der Waals surface area contributed by atoms with E-state index in [-0.39, 0.29) is 25.4 Å². The van der Waals surface area contributed by atoms with E-state index in [4.69, 9.17) is 4.42 Å². The number of amides is 2. The Morgan fingerprint density at radius 3 is 2.69 bits per heavy atom. The smallest absolute Gasteiger partial charge is 0.390 e. The number of nitrogens with zero attached hydrogens (tertiary/aromatic N) is 2. The number of aromatic nitrogens is 1. The second-order valence-corrected chi connectivity index (χ2v) is 6.36. The van der Waals surface area contributed by atoms with Crippen LogP contribution in [0.4, 0.5) is 18.3 Å². The number of aryl methyl sites for hydroxylation is 1. The lowest BCUT2D eigenvalue weighted by molar-refractivity contribution is -0.144. The van der Waals surface area contributed by atoms with E-state index in [2.05, 4.69) is 10.3 Å². The average Bonchev–Trinajstić information content (AvgIpc) is 3.15. The summed E-state index contributed by atoms with van der Waals surface area (Å²) in [6, 6.07) is 1.53. The number of hydrogen-bond donors (Lipinski definition) is 1. The van der Waals surface area contributed by atoms with E-state index in [9.17, 15) is 22.8 Å². The summed E-state index contributed by atoms with van der Waals surface area (Å²) in [5.74, 6) is -0.354. The lowest BCUT2D eigenvalue weighted by Crippen LogP contribution is -2.35. The van der Waals surface area contributed by atoms with Crippen molar-refractivity contribution in [2.24, 2.45) is 0 Å². The number of carbonyl (C=O) groups excluding carboxylic acids is 2. The van der Waals surface area contributed by atoms with Crippen LogP contribution >= 0.6 is 11.3 Å². The Hall–Kier alpha value is -2.36. The molecule has 6 nitrogen and oxygen atoms in total. The Kier molecular flexibility index (Phi) is 6.41. The van der Waals surface area contributed by atoms with Gasteiger partial charge < -0.3 is 9.32 Å². The van der Waals surface area contributed by atoms with Gasteiger partial charge in [-0.2, -0.15) is 13.2 Å². The number of hydrogen-bond acceptors (Lipinski definition) is 5. The third kappa shape index (κ3) is 5.58. The fourth-order valence-corrected chi connectivity index (χ4v) is 2.92. The summed E-state index contributed by atoms with van der Waals surface area (Å²) in [6.45, 7) is 3.07. The zero-order valence-electron chi connectivity index (χ0n) is 14.2. The molecule has 0 radical (unpaired) electrons. The van der Waals surface area contributed by atoms with Crippen LogP contribution in [0.15, 0.2) is 22.1 Å². The van der Waals surface area contributed by atoms with Crippen molar-refractivity contribution < 1.29 is 27.2 Å². The largest absolute Gasteiger partial charge is 0.469 e. The van der Waals surface area contributed by atoms with Gasteiger partial charge in [-0.3, -0.25) is 14.9 Å². The lowest BCUT2D eigenvalue weighted by Gasteiger charge is -2.21. The highest BCUT2D eigenvalue weighted by Gasteiger charge is 2.28. The quantitative estimate of drug-likeness (QED) is 0.785. The molecule has 2 aromatic rings. The maximum atomic E-state index is 12.3. The second-order valence-electron chi connectivity index (χ2n) is 5.50. The van der Waals surface area contributed by atoms with E-state index < -0.39 is 18.5 Å². The molecular weight excluding hydrogens is 371 g/mol. The van der Waals surface area contributed by atoms with Crippen molar-refractivity contribution in [1.29, 1.82) is 0 Å². The van der Waals surface area contributed by atoms with E-state index in [1.807, 2.05) is 0 Å². The van der Waals surface area contributed by atoms with E-state index in [0.29, 0.717) is 22.1 Å². The molecule has 0 bridgehead atoms. The van der Waals surface area contributed by atoms with Crippen molar-refractivity contribution in [2.45, 2.75) is 32.9 Å². The molecule has 2 amide bonds. The molecule has 2 heterocycles. The fourth-order valence-electron chi connectivity index (χ4n) is 2.22. The van der Waals surface area contributed by atoms with E-state index in [1.54, 1.807) is 19.2 Å². The highest BCUT2D eigenvalue weighted by atomic mass is 32.1. The molecule has 0 aliphatic carbocycles. The monoisotopic (exact) mass is 389 g/mol. The number of alkyl halides is 3. The van der Waals surface area contributed by atoms with Crippen LogP contribution in [0.5, 0.6) is 0 Å². The van der Waals surface area contributed by atoms with Crippen LogP contribution in [0.25, 0.3) is 0 Å². The number of carbonyl (C=O) groups is 2. The predicted octanol–water partition coefficient (Wildman–Crippen LogP) is 3.64. The molecule has 1 N–H and O–H groups in total. The van der Waals surface area contributed by atoms with Gasteiger partial charge in [0.15, 0.2) is 5.13 Å². The highest BCUT2D eigenvalue weighted by molar-refractivity contribution is 7.14. The van der Waals surface area contributed by atoms with Crippen molar-refractivity contribution in [3.05, 3.63) is 34.7 Å². The number of rotatable bonds is 7. The first kappa shape index (κ1) is 20.0. The summed E-state index contributed by atoms with van der Waals surface area (Å²) in [4.78, 5) is 29.5. The zero-order valence-corrected chi connectivity index (χ0v) is 15.0. The molecule has 0 saturated carbocycles. The minimum Gasteiger partial charge on any atom is -0.469 e. The van der Waals surface area contributed by atoms with Crippen LogP contribution < -0.4 is 5.32 Å². The van der Waals surface area contributed by atoms with Gasteiger partial charge in [-0.05, 0) is 19.9 Å². The summed E-state index contributed by atoms with van der Waals surface area (Å²) in [5, 5.41) is 4.50. The van der Waals surface area contributed by atoms with Crippen LogP contribution in [-0.4, -0.2) is 41.0 Å². The fraction of sp³-hybridized carbons (Fsp3) is 0.438. The van der Waals surface area contributed by atoms with Crippen molar-refractivity contribution in [3.8, 4) is 0 Å². The maximum absolute atomic E-state index is 12.3. The van der Waals surface area contributed by atoms with Gasteiger partial charge in [-0.25, -0.2) is 4.98 Å². The Morgan fingerprint density at radius 2 is 2.12 bits per heavy atom. The Morgan fingerprint density at radius 1 is 1.38 bits per heavy atom. The third-order valence-corrected chi connectivity index (χ3v) is 4.41. The van der Waals surface area contributed by atoms with Gasteiger partial charge in [0.05, 0.1) is 30.4 Å². The first-order valence-electron chi connectivity index (χ1n) is 7.84. The molecule has 26 heavy (non-hydrogen) atoms. The first-order chi connectivity index (χ1) is 12.2. The maximum Gasteiger partial charge on any atom is 0.390 e. The third-order valence-electron chi connectivity index (χ3n) is 3.61. The number of thiazole rings is 1. The molecule has 0 spiro atoms. The molecule has 2 aromatic heterocycles. The molecule has 10 heteroatoms. The van der Waals surface area contributed by atoms with Crippen molar-refractivity contribution in [3.63, 3.8) is 0 Å². The van der Waals surface area contributed by atoms with Crippen molar-refractivity contribution in [1.82, 2.24) is 9.88 Å². The standard InChI is InChI=1S/C16H18F3N3O3S/c1-3-22(6-5-16(17,18)19)13(23)8-11-9-26-15(20-11)21-14(24)12-4-7-25-10(12)2/h4,7,9H,3,5-6,8H2,1-2H3,(H,20,21,24). The van der Waals surface area contributed by atoms with Crippen LogP contribution in [0, 0.1) is 6.92 Å². The Balaban J connectivity index is 1.93. The minimum atomic E-state index is -4.31. The number of nitrogens with one attached hydrogen (secondary N) is 1. The topological polar surface area (TPSA) is 75.4 Å². The number of halogens is 3.